The average Bonchev–Trinajstić information content (AvgIpc) is 2.80. The van der Waals surface area contributed by atoms with Crippen LogP contribution in [0, 0.1) is 17.6 Å². The van der Waals surface area contributed by atoms with Crippen LogP contribution in [0.3, 0.4) is 0 Å². The third-order valence-corrected chi connectivity index (χ3v) is 8.23. The molecule has 10 heteroatoms. The molecule has 0 aromatic heterocycles. The highest BCUT2D eigenvalue weighted by Crippen LogP contribution is 2.27. The Morgan fingerprint density at radius 1 is 0.906 bits per heavy atom. The van der Waals surface area contributed by atoms with E-state index in [9.17, 15) is 22.0 Å². The van der Waals surface area contributed by atoms with Gasteiger partial charge in [-0.25, -0.2) is 17.2 Å². The van der Waals surface area contributed by atoms with Gasteiger partial charge in [-0.3, -0.25) is 4.79 Å². The molecule has 0 saturated carbocycles. The monoisotopic (exact) mass is 483 g/mol. The molecule has 4 rings (SSSR count). The molecule has 0 radical (unpaired) electrons. The number of sulfonamides is 1. The highest BCUT2D eigenvalue weighted by molar-refractivity contribution is 7.89. The Labute approximate surface area is 191 Å². The molecule has 172 valence electrons. The zero-order valence-electron chi connectivity index (χ0n) is 17.4. The summed E-state index contributed by atoms with van der Waals surface area (Å²) in [5, 5.41) is 0.672. The molecule has 2 aromatic carbocycles. The van der Waals surface area contributed by atoms with E-state index in [0.29, 0.717) is 50.1 Å². The topological polar surface area (TPSA) is 60.9 Å². The number of amides is 1. The Morgan fingerprint density at radius 3 is 2.22 bits per heavy atom. The maximum atomic E-state index is 13.5. The summed E-state index contributed by atoms with van der Waals surface area (Å²) >= 11 is 6.07. The van der Waals surface area contributed by atoms with Gasteiger partial charge in [0, 0.05) is 55.9 Å². The van der Waals surface area contributed by atoms with Gasteiger partial charge in [-0.15, -0.1) is 0 Å². The lowest BCUT2D eigenvalue weighted by Crippen LogP contribution is -2.52. The SMILES string of the molecule is O=C(C1CCN(S(=O)(=O)c2ccc(F)c(F)c2)CC1)N1CCN(c2cccc(Cl)c2)CC1. The van der Waals surface area contributed by atoms with Gasteiger partial charge in [0.2, 0.25) is 15.9 Å². The van der Waals surface area contributed by atoms with E-state index < -0.39 is 21.7 Å². The number of benzene rings is 2. The van der Waals surface area contributed by atoms with Gasteiger partial charge in [-0.05, 0) is 49.2 Å². The van der Waals surface area contributed by atoms with Crippen LogP contribution in [0.4, 0.5) is 14.5 Å². The molecule has 1 amide bonds. The lowest BCUT2D eigenvalue weighted by molar-refractivity contribution is -0.137. The Kier molecular flexibility index (Phi) is 6.69. The number of piperidine rings is 1. The maximum Gasteiger partial charge on any atom is 0.243 e. The summed E-state index contributed by atoms with van der Waals surface area (Å²) in [6, 6.07) is 10.2. The van der Waals surface area contributed by atoms with Crippen molar-refractivity contribution >= 4 is 33.2 Å². The number of rotatable bonds is 4. The highest BCUT2D eigenvalue weighted by atomic mass is 35.5. The van der Waals surface area contributed by atoms with E-state index in [0.717, 1.165) is 17.8 Å². The number of halogens is 3. The van der Waals surface area contributed by atoms with Gasteiger partial charge >= 0.3 is 0 Å². The highest BCUT2D eigenvalue weighted by Gasteiger charge is 2.35. The summed E-state index contributed by atoms with van der Waals surface area (Å²) in [5.74, 6) is -2.50. The van der Waals surface area contributed by atoms with Crippen molar-refractivity contribution in [3.63, 3.8) is 0 Å². The summed E-state index contributed by atoms with van der Waals surface area (Å²) < 4.78 is 53.4. The molecule has 2 aliphatic heterocycles. The number of carbonyl (C=O) groups excluding carboxylic acids is 1. The quantitative estimate of drug-likeness (QED) is 0.669. The van der Waals surface area contributed by atoms with Gasteiger partial charge in [0.15, 0.2) is 11.6 Å². The van der Waals surface area contributed by atoms with E-state index in [-0.39, 0.29) is 29.8 Å². The largest absolute Gasteiger partial charge is 0.368 e. The first kappa shape index (κ1) is 22.9. The van der Waals surface area contributed by atoms with Crippen LogP contribution >= 0.6 is 11.6 Å². The van der Waals surface area contributed by atoms with Crippen LogP contribution < -0.4 is 4.90 Å². The first-order chi connectivity index (χ1) is 15.3. The van der Waals surface area contributed by atoms with Gasteiger partial charge in [-0.1, -0.05) is 17.7 Å². The third kappa shape index (κ3) is 4.74. The van der Waals surface area contributed by atoms with Gasteiger partial charge in [0.05, 0.1) is 4.90 Å². The normalized spacial score (nSPS) is 18.7. The average molecular weight is 484 g/mol. The lowest BCUT2D eigenvalue weighted by atomic mass is 9.96. The number of hydrogen-bond acceptors (Lipinski definition) is 4. The fourth-order valence-corrected chi connectivity index (χ4v) is 5.91. The van der Waals surface area contributed by atoms with Crippen LogP contribution in [0.1, 0.15) is 12.8 Å². The first-order valence-corrected chi connectivity index (χ1v) is 12.3. The van der Waals surface area contributed by atoms with Crippen molar-refractivity contribution in [2.45, 2.75) is 17.7 Å². The van der Waals surface area contributed by atoms with Gasteiger partial charge < -0.3 is 9.80 Å². The van der Waals surface area contributed by atoms with Crippen molar-refractivity contribution in [3.8, 4) is 0 Å². The first-order valence-electron chi connectivity index (χ1n) is 10.5. The van der Waals surface area contributed by atoms with Crippen LogP contribution in [0.25, 0.3) is 0 Å². The van der Waals surface area contributed by atoms with Crippen molar-refractivity contribution in [2.75, 3.05) is 44.2 Å². The third-order valence-electron chi connectivity index (χ3n) is 6.10. The van der Waals surface area contributed by atoms with E-state index in [1.165, 1.54) is 4.31 Å². The van der Waals surface area contributed by atoms with Crippen LogP contribution in [0.2, 0.25) is 5.02 Å². The van der Waals surface area contributed by atoms with Gasteiger partial charge in [0.25, 0.3) is 0 Å². The molecule has 32 heavy (non-hydrogen) atoms. The van der Waals surface area contributed by atoms with E-state index in [1.807, 2.05) is 29.2 Å². The molecule has 0 atom stereocenters. The van der Waals surface area contributed by atoms with Crippen LogP contribution in [-0.4, -0.2) is 62.8 Å². The Morgan fingerprint density at radius 2 is 1.59 bits per heavy atom. The Bertz CT molecular complexity index is 1100. The fraction of sp³-hybridized carbons (Fsp3) is 0.409. The van der Waals surface area contributed by atoms with Crippen molar-refractivity contribution in [1.82, 2.24) is 9.21 Å². The minimum absolute atomic E-state index is 0.0422. The molecule has 2 saturated heterocycles. The fourth-order valence-electron chi connectivity index (χ4n) is 4.25. The minimum atomic E-state index is -3.93. The van der Waals surface area contributed by atoms with E-state index in [4.69, 9.17) is 11.6 Å². The van der Waals surface area contributed by atoms with Crippen LogP contribution in [0.15, 0.2) is 47.4 Å². The van der Waals surface area contributed by atoms with Crippen molar-refractivity contribution in [2.24, 2.45) is 5.92 Å². The summed E-state index contributed by atoms with van der Waals surface area (Å²) in [5.41, 5.74) is 1.03. The predicted molar refractivity (Wildman–Crippen MR) is 118 cm³/mol. The van der Waals surface area contributed by atoms with E-state index >= 15 is 0 Å². The molecule has 2 heterocycles. The summed E-state index contributed by atoms with van der Waals surface area (Å²) in [6.07, 6.45) is 0.798. The molecule has 2 aromatic rings. The standard InChI is InChI=1S/C22H24ClF2N3O3S/c23-17-2-1-3-18(14-17)26-10-12-27(13-11-26)22(29)16-6-8-28(9-7-16)32(30,31)19-4-5-20(24)21(25)15-19/h1-5,14-16H,6-13H2. The molecule has 6 nitrogen and oxygen atoms in total. The Balaban J connectivity index is 1.32. The van der Waals surface area contributed by atoms with Gasteiger partial charge in [0.1, 0.15) is 0 Å². The predicted octanol–water partition coefficient (Wildman–Crippen LogP) is 3.37. The second kappa shape index (κ2) is 9.33. The minimum Gasteiger partial charge on any atom is -0.368 e. The second-order valence-corrected chi connectivity index (χ2v) is 10.4. The summed E-state index contributed by atoms with van der Waals surface area (Å²) in [6.45, 7) is 2.93. The number of carbonyl (C=O) groups is 1. The van der Waals surface area contributed by atoms with Crippen molar-refractivity contribution < 1.29 is 22.0 Å². The Hall–Kier alpha value is -2.23. The molecule has 2 aliphatic rings. The number of anilines is 1. The van der Waals surface area contributed by atoms with Crippen LogP contribution in [-0.2, 0) is 14.8 Å². The molecular formula is C22H24ClF2N3O3S. The van der Waals surface area contributed by atoms with Gasteiger partial charge in [-0.2, -0.15) is 4.31 Å². The van der Waals surface area contributed by atoms with Crippen molar-refractivity contribution in [3.05, 3.63) is 59.1 Å². The van der Waals surface area contributed by atoms with Crippen LogP contribution in [0.5, 0.6) is 0 Å². The second-order valence-electron chi connectivity index (χ2n) is 8.05. The van der Waals surface area contributed by atoms with E-state index in [2.05, 4.69) is 4.90 Å². The maximum absolute atomic E-state index is 13.5. The molecular weight excluding hydrogens is 460 g/mol. The van der Waals surface area contributed by atoms with E-state index in [1.54, 1.807) is 0 Å². The smallest absolute Gasteiger partial charge is 0.243 e. The molecule has 0 unspecified atom stereocenters. The molecule has 0 N–H and O–H groups in total. The molecule has 0 aliphatic carbocycles. The lowest BCUT2D eigenvalue weighted by Gasteiger charge is -2.39. The zero-order valence-corrected chi connectivity index (χ0v) is 19.0. The number of nitrogens with zero attached hydrogens (tertiary/aromatic N) is 3. The zero-order chi connectivity index (χ0) is 22.9. The number of piperazine rings is 1. The molecule has 0 bridgehead atoms. The molecule has 0 spiro atoms. The summed E-state index contributed by atoms with van der Waals surface area (Å²) in [4.78, 5) is 16.7. The van der Waals surface area contributed by atoms with Crippen molar-refractivity contribution in [1.29, 1.82) is 0 Å². The summed E-state index contributed by atoms with van der Waals surface area (Å²) in [7, 11) is -3.93. The molecule has 2 fully saturated rings. The number of hydrogen-bond donors (Lipinski definition) is 0.